The van der Waals surface area contributed by atoms with E-state index in [1.54, 1.807) is 4.90 Å². The zero-order chi connectivity index (χ0) is 12.3. The van der Waals surface area contributed by atoms with Gasteiger partial charge in [0, 0.05) is 19.0 Å². The number of nitrogens with zero attached hydrogens (tertiary/aromatic N) is 1. The van der Waals surface area contributed by atoms with E-state index in [0.29, 0.717) is 19.5 Å². The van der Waals surface area contributed by atoms with Crippen LogP contribution in [0, 0.1) is 5.92 Å². The highest BCUT2D eigenvalue weighted by atomic mass is 16.6. The number of aliphatic hydroxyl groups is 2. The summed E-state index contributed by atoms with van der Waals surface area (Å²) in [5.74, 6) is -0.263. The van der Waals surface area contributed by atoms with Gasteiger partial charge in [-0.05, 0) is 27.2 Å². The van der Waals surface area contributed by atoms with Gasteiger partial charge in [0.15, 0.2) is 0 Å². The second-order valence-corrected chi connectivity index (χ2v) is 5.23. The summed E-state index contributed by atoms with van der Waals surface area (Å²) in [4.78, 5) is 13.3. The highest BCUT2D eigenvalue weighted by molar-refractivity contribution is 5.68. The molecule has 2 atom stereocenters. The molecule has 0 bridgehead atoms. The first-order valence-electron chi connectivity index (χ1n) is 5.60. The monoisotopic (exact) mass is 231 g/mol. The molecule has 0 aromatic carbocycles. The molecular formula is C11H21NO4. The van der Waals surface area contributed by atoms with Gasteiger partial charge in [-0.3, -0.25) is 0 Å². The maximum Gasteiger partial charge on any atom is 0.410 e. The molecule has 5 nitrogen and oxygen atoms in total. The third kappa shape index (κ3) is 3.64. The minimum absolute atomic E-state index is 0.111. The van der Waals surface area contributed by atoms with E-state index in [9.17, 15) is 9.90 Å². The second-order valence-electron chi connectivity index (χ2n) is 5.23. The third-order valence-electron chi connectivity index (χ3n) is 2.58. The SMILES string of the molecule is CC(C)(C)OC(=O)N1CC[C@H](O)[C@@H](CO)C1. The molecule has 1 aliphatic heterocycles. The summed E-state index contributed by atoms with van der Waals surface area (Å²) in [6.07, 6.45) is -0.411. The molecule has 1 fully saturated rings. The Bertz CT molecular complexity index is 249. The van der Waals surface area contributed by atoms with Crippen molar-refractivity contribution in [2.75, 3.05) is 19.7 Å². The van der Waals surface area contributed by atoms with E-state index in [0.717, 1.165) is 0 Å². The van der Waals surface area contributed by atoms with Gasteiger partial charge in [0.1, 0.15) is 5.60 Å². The number of amides is 1. The first-order valence-corrected chi connectivity index (χ1v) is 5.60. The van der Waals surface area contributed by atoms with Gasteiger partial charge in [-0.2, -0.15) is 0 Å². The lowest BCUT2D eigenvalue weighted by atomic mass is 9.96. The zero-order valence-corrected chi connectivity index (χ0v) is 10.1. The molecule has 1 amide bonds. The molecule has 94 valence electrons. The van der Waals surface area contributed by atoms with Crippen molar-refractivity contribution in [3.8, 4) is 0 Å². The van der Waals surface area contributed by atoms with E-state index < -0.39 is 11.7 Å². The fraction of sp³-hybridized carbons (Fsp3) is 0.909. The van der Waals surface area contributed by atoms with E-state index in [2.05, 4.69) is 0 Å². The Morgan fingerprint density at radius 2 is 2.12 bits per heavy atom. The van der Waals surface area contributed by atoms with Crippen LogP contribution >= 0.6 is 0 Å². The van der Waals surface area contributed by atoms with Crippen LogP contribution in [0.1, 0.15) is 27.2 Å². The van der Waals surface area contributed by atoms with Crippen molar-refractivity contribution in [2.24, 2.45) is 5.92 Å². The Labute approximate surface area is 96.0 Å². The van der Waals surface area contributed by atoms with E-state index in [1.807, 2.05) is 20.8 Å². The highest BCUT2D eigenvalue weighted by Gasteiger charge is 2.31. The lowest BCUT2D eigenvalue weighted by Crippen LogP contribution is -2.48. The molecule has 2 N–H and O–H groups in total. The first kappa shape index (κ1) is 13.3. The topological polar surface area (TPSA) is 70.0 Å². The van der Waals surface area contributed by atoms with E-state index in [4.69, 9.17) is 9.84 Å². The molecule has 5 heteroatoms. The summed E-state index contributed by atoms with van der Waals surface area (Å²) in [5, 5.41) is 18.6. The Balaban J connectivity index is 2.52. The minimum atomic E-state index is -0.524. The summed E-state index contributed by atoms with van der Waals surface area (Å²) in [5.41, 5.74) is -0.512. The maximum absolute atomic E-state index is 11.7. The normalized spacial score (nSPS) is 26.7. The lowest BCUT2D eigenvalue weighted by Gasteiger charge is -2.36. The fourth-order valence-corrected chi connectivity index (χ4v) is 1.69. The van der Waals surface area contributed by atoms with Crippen LogP contribution in [0.3, 0.4) is 0 Å². The van der Waals surface area contributed by atoms with E-state index in [-0.39, 0.29) is 18.6 Å². The molecule has 0 saturated carbocycles. The van der Waals surface area contributed by atoms with E-state index >= 15 is 0 Å². The molecule has 1 saturated heterocycles. The second kappa shape index (κ2) is 5.01. The summed E-state index contributed by atoms with van der Waals surface area (Å²) in [6, 6.07) is 0. The number of carbonyl (C=O) groups excluding carboxylic acids is 1. The molecular weight excluding hydrogens is 210 g/mol. The molecule has 16 heavy (non-hydrogen) atoms. The van der Waals surface area contributed by atoms with Gasteiger partial charge in [-0.15, -0.1) is 0 Å². The average Bonchev–Trinajstić information content (AvgIpc) is 2.15. The molecule has 0 spiro atoms. The molecule has 1 aliphatic rings. The van der Waals surface area contributed by atoms with Crippen LogP contribution in [0.5, 0.6) is 0 Å². The van der Waals surface area contributed by atoms with Gasteiger partial charge in [-0.1, -0.05) is 0 Å². The first-order chi connectivity index (χ1) is 7.33. The van der Waals surface area contributed by atoms with Crippen LogP contribution in [-0.4, -0.2) is 52.6 Å². The van der Waals surface area contributed by atoms with Gasteiger partial charge in [0.2, 0.25) is 0 Å². The number of aliphatic hydroxyl groups excluding tert-OH is 2. The predicted molar refractivity (Wildman–Crippen MR) is 59.0 cm³/mol. The fourth-order valence-electron chi connectivity index (χ4n) is 1.69. The summed E-state index contributed by atoms with van der Waals surface area (Å²) >= 11 is 0. The smallest absolute Gasteiger partial charge is 0.410 e. The van der Waals surface area contributed by atoms with Gasteiger partial charge in [0.05, 0.1) is 12.7 Å². The lowest BCUT2D eigenvalue weighted by molar-refractivity contribution is -0.0203. The van der Waals surface area contributed by atoms with Gasteiger partial charge in [0.25, 0.3) is 0 Å². The highest BCUT2D eigenvalue weighted by Crippen LogP contribution is 2.19. The van der Waals surface area contributed by atoms with E-state index in [1.165, 1.54) is 0 Å². The van der Waals surface area contributed by atoms with Crippen LogP contribution in [0.25, 0.3) is 0 Å². The number of hydrogen-bond donors (Lipinski definition) is 2. The molecule has 0 aromatic heterocycles. The zero-order valence-electron chi connectivity index (χ0n) is 10.1. The van der Waals surface area contributed by atoms with Gasteiger partial charge < -0.3 is 19.8 Å². The average molecular weight is 231 g/mol. The van der Waals surface area contributed by atoms with Crippen molar-refractivity contribution in [1.82, 2.24) is 4.90 Å². The number of likely N-dealkylation sites (tertiary alicyclic amines) is 1. The minimum Gasteiger partial charge on any atom is -0.444 e. The molecule has 1 rings (SSSR count). The standard InChI is InChI=1S/C11H21NO4/c1-11(2,3)16-10(15)12-5-4-9(14)8(6-12)7-13/h8-9,13-14H,4-7H2,1-3H3/t8-,9+/m1/s1. The van der Waals surface area contributed by atoms with Crippen LogP contribution in [0.15, 0.2) is 0 Å². The number of ether oxygens (including phenoxy) is 1. The van der Waals surface area contributed by atoms with Crippen LogP contribution in [-0.2, 0) is 4.74 Å². The van der Waals surface area contributed by atoms with Gasteiger partial charge >= 0.3 is 6.09 Å². The van der Waals surface area contributed by atoms with Crippen molar-refractivity contribution < 1.29 is 19.7 Å². The van der Waals surface area contributed by atoms with Crippen molar-refractivity contribution in [3.63, 3.8) is 0 Å². The number of rotatable bonds is 1. The molecule has 1 heterocycles. The van der Waals surface area contributed by atoms with Gasteiger partial charge in [-0.25, -0.2) is 4.79 Å². The number of hydrogen-bond acceptors (Lipinski definition) is 4. The van der Waals surface area contributed by atoms with Crippen molar-refractivity contribution in [1.29, 1.82) is 0 Å². The maximum atomic E-state index is 11.7. The summed E-state index contributed by atoms with van der Waals surface area (Å²) in [6.45, 7) is 6.16. The third-order valence-corrected chi connectivity index (χ3v) is 2.58. The van der Waals surface area contributed by atoms with Crippen LogP contribution in [0.4, 0.5) is 4.79 Å². The Morgan fingerprint density at radius 3 is 2.62 bits per heavy atom. The molecule has 0 radical (unpaired) electrons. The van der Waals surface area contributed by atoms with Crippen molar-refractivity contribution in [3.05, 3.63) is 0 Å². The largest absolute Gasteiger partial charge is 0.444 e. The molecule has 0 aromatic rings. The molecule has 0 aliphatic carbocycles. The summed E-state index contributed by atoms with van der Waals surface area (Å²) < 4.78 is 5.23. The number of piperidine rings is 1. The Kier molecular flexibility index (Phi) is 4.15. The Hall–Kier alpha value is -0.810. The predicted octanol–water partition coefficient (Wildman–Crippen LogP) is 0.597. The van der Waals surface area contributed by atoms with Crippen molar-refractivity contribution in [2.45, 2.75) is 38.9 Å². The summed E-state index contributed by atoms with van der Waals surface area (Å²) in [7, 11) is 0. The van der Waals surface area contributed by atoms with Crippen molar-refractivity contribution >= 4 is 6.09 Å². The quantitative estimate of drug-likeness (QED) is 0.693. The van der Waals surface area contributed by atoms with Crippen LogP contribution in [0.2, 0.25) is 0 Å². The Morgan fingerprint density at radius 1 is 1.50 bits per heavy atom. The number of carbonyl (C=O) groups is 1. The molecule has 0 unspecified atom stereocenters. The van der Waals surface area contributed by atoms with Crippen LogP contribution < -0.4 is 0 Å².